The molecule has 3 amide bonds. The Bertz CT molecular complexity index is 1260. The van der Waals surface area contributed by atoms with Gasteiger partial charge in [0.25, 0.3) is 0 Å². The summed E-state index contributed by atoms with van der Waals surface area (Å²) in [5.74, 6) is -1.26. The molecule has 0 radical (unpaired) electrons. The smallest absolute Gasteiger partial charge is 0.246 e. The number of aliphatic hydroxyl groups excluding tert-OH is 1. The Morgan fingerprint density at radius 1 is 1.21 bits per heavy atom. The Morgan fingerprint density at radius 3 is 2.39 bits per heavy atom. The molecule has 10 heteroatoms. The van der Waals surface area contributed by atoms with E-state index >= 15 is 0 Å². The summed E-state index contributed by atoms with van der Waals surface area (Å²) in [5, 5.41) is 25.6. The average Bonchev–Trinajstić information content (AvgIpc) is 3.40. The van der Waals surface area contributed by atoms with Crippen molar-refractivity contribution in [1.82, 2.24) is 20.5 Å². The number of thiazole rings is 1. The monoisotopic (exact) mass is 537 g/mol. The third-order valence-corrected chi connectivity index (χ3v) is 8.41. The number of nitrogens with zero attached hydrogens (tertiary/aromatic N) is 3. The first-order chi connectivity index (χ1) is 17.9. The van der Waals surface area contributed by atoms with Crippen LogP contribution in [0.2, 0.25) is 0 Å². The van der Waals surface area contributed by atoms with Crippen molar-refractivity contribution in [2.45, 2.75) is 78.1 Å². The maximum Gasteiger partial charge on any atom is 0.246 e. The minimum Gasteiger partial charge on any atom is -0.391 e. The van der Waals surface area contributed by atoms with Crippen LogP contribution >= 0.6 is 11.3 Å². The van der Waals surface area contributed by atoms with Crippen molar-refractivity contribution in [2.24, 2.45) is 10.8 Å². The van der Waals surface area contributed by atoms with Gasteiger partial charge in [-0.1, -0.05) is 45.0 Å². The Labute approximate surface area is 227 Å². The molecule has 4 rings (SSSR count). The molecule has 1 aliphatic heterocycles. The zero-order valence-electron chi connectivity index (χ0n) is 22.4. The number of β-amino-alcohol motifs (C(OH)–C–C–N with tert-alkyl or cyclic N) is 1. The highest BCUT2D eigenvalue weighted by Gasteiger charge is 2.53. The lowest BCUT2D eigenvalue weighted by molar-refractivity contribution is -0.144. The molecular weight excluding hydrogens is 502 g/mol. The highest BCUT2D eigenvalue weighted by Crippen LogP contribution is 2.45. The summed E-state index contributed by atoms with van der Waals surface area (Å²) in [5.41, 5.74) is 3.01. The summed E-state index contributed by atoms with van der Waals surface area (Å²) in [6.07, 6.45) is 0.200. The zero-order valence-corrected chi connectivity index (χ0v) is 23.3. The summed E-state index contributed by atoms with van der Waals surface area (Å²) in [6, 6.07) is 7.84. The molecule has 0 spiro atoms. The van der Waals surface area contributed by atoms with Crippen LogP contribution in [0.1, 0.15) is 64.3 Å². The number of rotatable bonds is 7. The summed E-state index contributed by atoms with van der Waals surface area (Å²) in [7, 11) is 0. The first kappa shape index (κ1) is 27.7. The third kappa shape index (κ3) is 5.59. The molecule has 38 heavy (non-hydrogen) atoms. The fraction of sp³-hybridized carbons (Fsp3) is 0.536. The molecular formula is C28H35N5O4S. The van der Waals surface area contributed by atoms with E-state index in [2.05, 4.69) is 21.7 Å². The highest BCUT2D eigenvalue weighted by atomic mass is 32.1. The van der Waals surface area contributed by atoms with Crippen molar-refractivity contribution in [3.63, 3.8) is 0 Å². The molecule has 1 aromatic heterocycles. The maximum atomic E-state index is 13.7. The third-order valence-electron chi connectivity index (χ3n) is 7.43. The number of hydrogen-bond donors (Lipinski definition) is 3. The Hall–Kier alpha value is -3.29. The van der Waals surface area contributed by atoms with Crippen LogP contribution < -0.4 is 10.6 Å². The number of nitrogens with one attached hydrogen (secondary N) is 2. The van der Waals surface area contributed by atoms with Crippen LogP contribution in [-0.2, 0) is 14.4 Å². The molecule has 1 saturated heterocycles. The Balaban J connectivity index is 1.46. The van der Waals surface area contributed by atoms with Crippen molar-refractivity contribution in [3.8, 4) is 16.5 Å². The predicted molar refractivity (Wildman–Crippen MR) is 144 cm³/mol. The Morgan fingerprint density at radius 2 is 1.87 bits per heavy atom. The van der Waals surface area contributed by atoms with Crippen molar-refractivity contribution in [1.29, 1.82) is 5.26 Å². The van der Waals surface area contributed by atoms with Gasteiger partial charge in [0.2, 0.25) is 17.7 Å². The number of amides is 3. The second-order valence-corrected chi connectivity index (χ2v) is 12.3. The van der Waals surface area contributed by atoms with Gasteiger partial charge in [0, 0.05) is 13.0 Å². The van der Waals surface area contributed by atoms with Gasteiger partial charge < -0.3 is 20.6 Å². The van der Waals surface area contributed by atoms with Gasteiger partial charge in [-0.2, -0.15) is 5.26 Å². The van der Waals surface area contributed by atoms with E-state index in [1.54, 1.807) is 11.3 Å². The number of aromatic nitrogens is 1. The Kier molecular flexibility index (Phi) is 7.64. The number of benzene rings is 1. The van der Waals surface area contributed by atoms with Crippen LogP contribution in [0.5, 0.6) is 0 Å². The molecule has 2 aromatic rings. The van der Waals surface area contributed by atoms with Gasteiger partial charge in [-0.05, 0) is 43.2 Å². The molecule has 2 heterocycles. The summed E-state index contributed by atoms with van der Waals surface area (Å²) in [6.45, 7) is 9.31. The van der Waals surface area contributed by atoms with Gasteiger partial charge in [0.1, 0.15) is 17.5 Å². The number of hydrogen-bond acceptors (Lipinski definition) is 7. The topological polar surface area (TPSA) is 135 Å². The van der Waals surface area contributed by atoms with Crippen LogP contribution in [0, 0.1) is 29.1 Å². The molecule has 9 nitrogen and oxygen atoms in total. The molecule has 4 atom stereocenters. The second kappa shape index (κ2) is 10.5. The predicted octanol–water partition coefficient (Wildman–Crippen LogP) is 3.09. The molecule has 0 bridgehead atoms. The molecule has 0 unspecified atom stereocenters. The van der Waals surface area contributed by atoms with E-state index < -0.39 is 40.8 Å². The molecule has 1 saturated carbocycles. The summed E-state index contributed by atoms with van der Waals surface area (Å²) in [4.78, 5) is 46.6. The second-order valence-electron chi connectivity index (χ2n) is 11.5. The fourth-order valence-corrected chi connectivity index (χ4v) is 5.61. The number of aliphatic hydroxyl groups is 1. The van der Waals surface area contributed by atoms with Gasteiger partial charge in [0.05, 0.1) is 34.3 Å². The molecule has 1 aromatic carbocycles. The SMILES string of the molecule is Cc1ncsc1-c1ccc([C@H](C)NC(=O)[C@@H]2C[C@@H](O)CN2C(=O)[C@@H](NC(=O)C2(C#N)CC2)C(C)(C)C)cc1. The van der Waals surface area contributed by atoms with Crippen LogP contribution in [0.15, 0.2) is 29.8 Å². The first-order valence-electron chi connectivity index (χ1n) is 12.9. The number of nitriles is 1. The van der Waals surface area contributed by atoms with Crippen molar-refractivity contribution >= 4 is 29.1 Å². The van der Waals surface area contributed by atoms with Crippen molar-refractivity contribution < 1.29 is 19.5 Å². The van der Waals surface area contributed by atoms with Crippen molar-refractivity contribution in [2.75, 3.05) is 6.54 Å². The molecule has 202 valence electrons. The molecule has 3 N–H and O–H groups in total. The average molecular weight is 538 g/mol. The van der Waals surface area contributed by atoms with Gasteiger partial charge >= 0.3 is 0 Å². The normalized spacial score (nSPS) is 21.8. The number of aryl methyl sites for hydroxylation is 1. The molecule has 2 aliphatic rings. The number of carbonyl (C=O) groups excluding carboxylic acids is 3. The van der Waals surface area contributed by atoms with Crippen LogP contribution in [0.25, 0.3) is 10.4 Å². The van der Waals surface area contributed by atoms with E-state index in [9.17, 15) is 24.8 Å². The lowest BCUT2D eigenvalue weighted by Gasteiger charge is -2.36. The minimum atomic E-state index is -1.07. The van der Waals surface area contributed by atoms with Crippen LogP contribution in [-0.4, -0.2) is 57.4 Å². The van der Waals surface area contributed by atoms with E-state index in [0.29, 0.717) is 12.8 Å². The van der Waals surface area contributed by atoms with Crippen LogP contribution in [0.3, 0.4) is 0 Å². The lowest BCUT2D eigenvalue weighted by Crippen LogP contribution is -2.58. The summed E-state index contributed by atoms with van der Waals surface area (Å²) < 4.78 is 0. The quantitative estimate of drug-likeness (QED) is 0.497. The van der Waals surface area contributed by atoms with Gasteiger partial charge in [0.15, 0.2) is 0 Å². The van der Waals surface area contributed by atoms with Crippen molar-refractivity contribution in [3.05, 3.63) is 41.0 Å². The fourth-order valence-electron chi connectivity index (χ4n) is 4.80. The molecule has 2 fully saturated rings. The maximum absolute atomic E-state index is 13.7. The first-order valence-corrected chi connectivity index (χ1v) is 13.8. The van der Waals surface area contributed by atoms with E-state index in [1.165, 1.54) is 4.90 Å². The summed E-state index contributed by atoms with van der Waals surface area (Å²) >= 11 is 1.58. The lowest BCUT2D eigenvalue weighted by atomic mass is 9.85. The largest absolute Gasteiger partial charge is 0.391 e. The standard InChI is InChI=1S/C28H35N5O4S/c1-16(18-6-8-19(9-7-18)22-17(2)30-15-38-22)31-24(35)21-12-20(34)13-33(21)25(36)23(27(3,4)5)32-26(37)28(14-29)10-11-28/h6-9,15-16,20-21,23,34H,10-13H2,1-5H3,(H,31,35)(H,32,37)/t16-,20+,21-,23+/m0/s1. The van der Waals surface area contributed by atoms with E-state index in [4.69, 9.17) is 0 Å². The zero-order chi connectivity index (χ0) is 27.8. The number of likely N-dealkylation sites (tertiary alicyclic amines) is 1. The van der Waals surface area contributed by atoms with E-state index in [1.807, 2.05) is 64.4 Å². The highest BCUT2D eigenvalue weighted by molar-refractivity contribution is 7.13. The van der Waals surface area contributed by atoms with E-state index in [0.717, 1.165) is 21.7 Å². The number of carbonyl (C=O) groups is 3. The van der Waals surface area contributed by atoms with Gasteiger partial charge in [-0.3, -0.25) is 14.4 Å². The molecule has 1 aliphatic carbocycles. The van der Waals surface area contributed by atoms with Gasteiger partial charge in [-0.15, -0.1) is 11.3 Å². The van der Waals surface area contributed by atoms with Gasteiger partial charge in [-0.25, -0.2) is 4.98 Å². The van der Waals surface area contributed by atoms with E-state index in [-0.39, 0.29) is 24.9 Å². The van der Waals surface area contributed by atoms with Crippen LogP contribution in [0.4, 0.5) is 0 Å². The minimum absolute atomic E-state index is 0.0000413.